The minimum absolute atomic E-state index is 0.203. The Hall–Kier alpha value is -3.94. The number of nitrogens with zero attached hydrogens (tertiary/aromatic N) is 4. The lowest BCUT2D eigenvalue weighted by atomic mass is 10.2. The number of nitrogens with one attached hydrogen (secondary N) is 2. The summed E-state index contributed by atoms with van der Waals surface area (Å²) in [5, 5.41) is 7.13. The number of carbonyl (C=O) groups excluding carboxylic acids is 1. The van der Waals surface area contributed by atoms with Crippen LogP contribution >= 0.6 is 0 Å². The van der Waals surface area contributed by atoms with Crippen molar-refractivity contribution in [1.82, 2.24) is 15.4 Å². The molecule has 0 aliphatic heterocycles. The van der Waals surface area contributed by atoms with Gasteiger partial charge in [-0.25, -0.2) is 10.4 Å². The third-order valence-electron chi connectivity index (χ3n) is 4.29. The van der Waals surface area contributed by atoms with Gasteiger partial charge in [0.25, 0.3) is 5.91 Å². The van der Waals surface area contributed by atoms with Gasteiger partial charge in [-0.3, -0.25) is 4.79 Å². The van der Waals surface area contributed by atoms with E-state index in [-0.39, 0.29) is 12.5 Å². The summed E-state index contributed by atoms with van der Waals surface area (Å²) in [5.41, 5.74) is 6.27. The summed E-state index contributed by atoms with van der Waals surface area (Å²) in [6.07, 6.45) is 1.58. The first-order valence-corrected chi connectivity index (χ1v) is 9.85. The fourth-order valence-electron chi connectivity index (χ4n) is 2.68. The molecular weight excluding hydrogens is 392 g/mol. The minimum atomic E-state index is -0.378. The van der Waals surface area contributed by atoms with E-state index < -0.39 is 0 Å². The maximum atomic E-state index is 12.0. The highest BCUT2D eigenvalue weighted by Crippen LogP contribution is 2.13. The van der Waals surface area contributed by atoms with Crippen molar-refractivity contribution in [2.75, 3.05) is 30.9 Å². The summed E-state index contributed by atoms with van der Waals surface area (Å²) in [7, 11) is 3.95. The molecule has 0 spiro atoms. The summed E-state index contributed by atoms with van der Waals surface area (Å²) >= 11 is 0. The molecule has 0 unspecified atom stereocenters. The van der Waals surface area contributed by atoms with E-state index in [1.165, 1.54) is 0 Å². The number of rotatable bonds is 9. The highest BCUT2D eigenvalue weighted by Gasteiger charge is 2.06. The number of aromatic nitrogens is 2. The fraction of sp³-hybridized carbons (Fsp3) is 0.217. The third-order valence-corrected chi connectivity index (χ3v) is 4.29. The van der Waals surface area contributed by atoms with Crippen LogP contribution < -0.4 is 20.4 Å². The van der Waals surface area contributed by atoms with Gasteiger partial charge in [0.05, 0.1) is 6.21 Å². The number of benzene rings is 2. The topological polar surface area (TPSA) is 91.7 Å². The van der Waals surface area contributed by atoms with Gasteiger partial charge in [-0.05, 0) is 30.2 Å². The Kier molecular flexibility index (Phi) is 7.53. The minimum Gasteiger partial charge on any atom is -0.467 e. The number of aryl methyl sites for hydroxylation is 1. The predicted molar refractivity (Wildman–Crippen MR) is 123 cm³/mol. The Labute approximate surface area is 182 Å². The van der Waals surface area contributed by atoms with Gasteiger partial charge >= 0.3 is 0 Å². The SMILES string of the molecule is Cc1cc(OCC(=O)NN=Cc2ccc(N(C)C)cc2)nc(NCc2ccccc2)n1. The lowest BCUT2D eigenvalue weighted by molar-refractivity contribution is -0.123. The molecule has 8 heteroatoms. The maximum absolute atomic E-state index is 12.0. The van der Waals surface area contributed by atoms with Crippen molar-refractivity contribution in [3.63, 3.8) is 0 Å². The van der Waals surface area contributed by atoms with E-state index in [1.807, 2.05) is 80.5 Å². The lowest BCUT2D eigenvalue weighted by Gasteiger charge is -2.11. The number of hydrazone groups is 1. The first-order chi connectivity index (χ1) is 15.0. The zero-order chi connectivity index (χ0) is 22.1. The highest BCUT2D eigenvalue weighted by atomic mass is 16.5. The molecule has 31 heavy (non-hydrogen) atoms. The van der Waals surface area contributed by atoms with Crippen molar-refractivity contribution in [3.8, 4) is 5.88 Å². The van der Waals surface area contributed by atoms with Crippen LogP contribution in [-0.2, 0) is 11.3 Å². The van der Waals surface area contributed by atoms with Gasteiger partial charge in [-0.2, -0.15) is 10.1 Å². The van der Waals surface area contributed by atoms with Crippen LogP contribution in [0.2, 0.25) is 0 Å². The molecule has 0 bridgehead atoms. The maximum Gasteiger partial charge on any atom is 0.278 e. The Morgan fingerprint density at radius 2 is 1.84 bits per heavy atom. The molecule has 2 aromatic carbocycles. The molecule has 0 saturated carbocycles. The van der Waals surface area contributed by atoms with Gasteiger partial charge in [0.1, 0.15) is 0 Å². The Balaban J connectivity index is 1.48. The lowest BCUT2D eigenvalue weighted by Crippen LogP contribution is -2.25. The van der Waals surface area contributed by atoms with Crippen LogP contribution in [0, 0.1) is 6.92 Å². The summed E-state index contributed by atoms with van der Waals surface area (Å²) in [5.74, 6) is 0.385. The second-order valence-electron chi connectivity index (χ2n) is 7.08. The molecule has 0 aliphatic rings. The van der Waals surface area contributed by atoms with E-state index >= 15 is 0 Å². The average molecular weight is 419 g/mol. The van der Waals surface area contributed by atoms with Gasteiger partial charge in [-0.1, -0.05) is 42.5 Å². The van der Waals surface area contributed by atoms with Crippen LogP contribution in [-0.4, -0.2) is 42.8 Å². The zero-order valence-electron chi connectivity index (χ0n) is 17.9. The van der Waals surface area contributed by atoms with Gasteiger partial charge in [-0.15, -0.1) is 0 Å². The molecule has 0 radical (unpaired) electrons. The summed E-state index contributed by atoms with van der Waals surface area (Å²) < 4.78 is 5.50. The van der Waals surface area contributed by atoms with E-state index in [2.05, 4.69) is 25.8 Å². The van der Waals surface area contributed by atoms with Crippen LogP contribution in [0.15, 0.2) is 65.8 Å². The van der Waals surface area contributed by atoms with Gasteiger partial charge in [0, 0.05) is 38.1 Å². The average Bonchev–Trinajstić information content (AvgIpc) is 2.77. The largest absolute Gasteiger partial charge is 0.467 e. The first-order valence-electron chi connectivity index (χ1n) is 9.85. The second kappa shape index (κ2) is 10.7. The molecule has 0 aliphatic carbocycles. The third kappa shape index (κ3) is 7.11. The van der Waals surface area contributed by atoms with E-state index in [0.29, 0.717) is 18.4 Å². The van der Waals surface area contributed by atoms with Crippen molar-refractivity contribution in [2.45, 2.75) is 13.5 Å². The van der Waals surface area contributed by atoms with E-state index in [1.54, 1.807) is 12.3 Å². The normalized spacial score (nSPS) is 10.7. The van der Waals surface area contributed by atoms with Crippen LogP contribution in [0.25, 0.3) is 0 Å². The number of hydrogen-bond acceptors (Lipinski definition) is 7. The van der Waals surface area contributed by atoms with Crippen LogP contribution in [0.1, 0.15) is 16.8 Å². The Morgan fingerprint density at radius 3 is 2.55 bits per heavy atom. The van der Waals surface area contributed by atoms with Crippen LogP contribution in [0.3, 0.4) is 0 Å². The van der Waals surface area contributed by atoms with Crippen molar-refractivity contribution in [1.29, 1.82) is 0 Å². The molecule has 1 aromatic heterocycles. The quantitative estimate of drug-likeness (QED) is 0.410. The highest BCUT2D eigenvalue weighted by molar-refractivity contribution is 5.83. The Bertz CT molecular complexity index is 1020. The Morgan fingerprint density at radius 1 is 1.10 bits per heavy atom. The number of anilines is 2. The van der Waals surface area contributed by atoms with Gasteiger partial charge in [0.2, 0.25) is 11.8 Å². The van der Waals surface area contributed by atoms with E-state index in [9.17, 15) is 4.79 Å². The van der Waals surface area contributed by atoms with Crippen LogP contribution in [0.5, 0.6) is 5.88 Å². The number of hydrogen-bond donors (Lipinski definition) is 2. The summed E-state index contributed by atoms with van der Waals surface area (Å²) in [6.45, 7) is 2.23. The van der Waals surface area contributed by atoms with E-state index in [0.717, 1.165) is 22.5 Å². The smallest absolute Gasteiger partial charge is 0.278 e. The standard InChI is InChI=1S/C23H26N6O2/c1-17-13-22(27-23(26-17)24-14-18-7-5-4-6-8-18)31-16-21(30)28-25-15-19-9-11-20(12-10-19)29(2)3/h4-13,15H,14,16H2,1-3H3,(H,28,30)(H,24,26,27). The predicted octanol–water partition coefficient (Wildman–Crippen LogP) is 2.99. The number of carbonyl (C=O) groups is 1. The molecular formula is C23H26N6O2. The number of amides is 1. The molecule has 3 aromatic rings. The first kappa shape index (κ1) is 21.8. The molecule has 8 nitrogen and oxygen atoms in total. The van der Waals surface area contributed by atoms with Gasteiger partial charge in [0.15, 0.2) is 6.61 Å². The van der Waals surface area contributed by atoms with Crippen molar-refractivity contribution >= 4 is 23.8 Å². The van der Waals surface area contributed by atoms with Gasteiger partial charge < -0.3 is 15.0 Å². The molecule has 1 amide bonds. The molecule has 0 atom stereocenters. The molecule has 0 saturated heterocycles. The van der Waals surface area contributed by atoms with Crippen molar-refractivity contribution < 1.29 is 9.53 Å². The summed E-state index contributed by atoms with van der Waals surface area (Å²) in [6, 6.07) is 19.4. The molecule has 3 rings (SSSR count). The monoisotopic (exact) mass is 418 g/mol. The van der Waals surface area contributed by atoms with Crippen LogP contribution in [0.4, 0.5) is 11.6 Å². The number of ether oxygens (including phenoxy) is 1. The van der Waals surface area contributed by atoms with Crippen molar-refractivity contribution in [3.05, 3.63) is 77.5 Å². The second-order valence-corrected chi connectivity index (χ2v) is 7.08. The molecule has 2 N–H and O–H groups in total. The fourth-order valence-corrected chi connectivity index (χ4v) is 2.68. The zero-order valence-corrected chi connectivity index (χ0v) is 17.9. The molecule has 0 fully saturated rings. The molecule has 160 valence electrons. The van der Waals surface area contributed by atoms with E-state index in [4.69, 9.17) is 4.74 Å². The summed E-state index contributed by atoms with van der Waals surface area (Å²) in [4.78, 5) is 22.7. The molecule has 1 heterocycles. The van der Waals surface area contributed by atoms with Crippen molar-refractivity contribution in [2.24, 2.45) is 5.10 Å².